The van der Waals surface area contributed by atoms with Crippen LogP contribution in [0.15, 0.2) is 42.7 Å². The summed E-state index contributed by atoms with van der Waals surface area (Å²) in [6.07, 6.45) is 5.44. The molecule has 0 N–H and O–H groups in total. The van der Waals surface area contributed by atoms with Crippen LogP contribution < -0.4 is 4.90 Å². The van der Waals surface area contributed by atoms with Gasteiger partial charge in [-0.3, -0.25) is 9.78 Å². The van der Waals surface area contributed by atoms with Crippen molar-refractivity contribution in [3.8, 4) is 0 Å². The summed E-state index contributed by atoms with van der Waals surface area (Å²) in [6, 6.07) is 10.1. The molecule has 0 saturated carbocycles. The second kappa shape index (κ2) is 5.89. The van der Waals surface area contributed by atoms with E-state index in [4.69, 9.17) is 0 Å². The van der Waals surface area contributed by atoms with Gasteiger partial charge in [0.1, 0.15) is 5.82 Å². The fourth-order valence-corrected chi connectivity index (χ4v) is 3.83. The van der Waals surface area contributed by atoms with E-state index in [1.807, 2.05) is 42.3 Å². The molecule has 0 radical (unpaired) electrons. The minimum Gasteiger partial charge on any atom is -0.357 e. The van der Waals surface area contributed by atoms with E-state index < -0.39 is 0 Å². The topological polar surface area (TPSA) is 49.3 Å². The second-order valence-electron chi connectivity index (χ2n) is 6.93. The Bertz CT molecular complexity index is 738. The molecule has 4 heterocycles. The highest BCUT2D eigenvalue weighted by atomic mass is 16.2. The van der Waals surface area contributed by atoms with E-state index in [0.29, 0.717) is 12.5 Å². The fourth-order valence-electron chi connectivity index (χ4n) is 3.83. The largest absolute Gasteiger partial charge is 0.357 e. The summed E-state index contributed by atoms with van der Waals surface area (Å²) in [7, 11) is 0. The summed E-state index contributed by atoms with van der Waals surface area (Å²) in [4.78, 5) is 25.7. The van der Waals surface area contributed by atoms with Gasteiger partial charge in [0.05, 0.1) is 5.41 Å². The number of carbonyl (C=O) groups is 1. The number of hydrogen-bond acceptors (Lipinski definition) is 4. The highest BCUT2D eigenvalue weighted by Gasteiger charge is 2.52. The van der Waals surface area contributed by atoms with Gasteiger partial charge in [-0.15, -0.1) is 0 Å². The number of amides is 1. The van der Waals surface area contributed by atoms with Gasteiger partial charge in [-0.05, 0) is 43.5 Å². The maximum absolute atomic E-state index is 12.7. The van der Waals surface area contributed by atoms with Crippen molar-refractivity contribution in [1.82, 2.24) is 14.9 Å². The van der Waals surface area contributed by atoms with E-state index in [1.165, 1.54) is 0 Å². The van der Waals surface area contributed by atoms with E-state index >= 15 is 0 Å². The molecular formula is C19H22N4O. The molecule has 5 nitrogen and oxygen atoms in total. The number of aromatic nitrogens is 2. The first-order valence-electron chi connectivity index (χ1n) is 8.53. The van der Waals surface area contributed by atoms with Crippen LogP contribution in [0.1, 0.15) is 24.1 Å². The van der Waals surface area contributed by atoms with Gasteiger partial charge in [0.15, 0.2) is 0 Å². The number of carbonyl (C=O) groups excluding carboxylic acids is 1. The molecule has 2 fully saturated rings. The average molecular weight is 322 g/mol. The fraction of sp³-hybridized carbons (Fsp3) is 0.421. The number of nitrogens with zero attached hydrogens (tertiary/aromatic N) is 4. The third-order valence-corrected chi connectivity index (χ3v) is 5.25. The van der Waals surface area contributed by atoms with Crippen LogP contribution >= 0.6 is 0 Å². The summed E-state index contributed by atoms with van der Waals surface area (Å²) in [6.45, 7) is 5.37. The van der Waals surface area contributed by atoms with Crippen molar-refractivity contribution in [1.29, 1.82) is 0 Å². The molecule has 0 aromatic carbocycles. The molecule has 0 bridgehead atoms. The molecule has 0 aliphatic carbocycles. The molecule has 5 heteroatoms. The van der Waals surface area contributed by atoms with Gasteiger partial charge in [-0.2, -0.15) is 0 Å². The summed E-state index contributed by atoms with van der Waals surface area (Å²) >= 11 is 0. The van der Waals surface area contributed by atoms with Crippen LogP contribution in [0, 0.1) is 12.3 Å². The number of likely N-dealkylation sites (tertiary alicyclic amines) is 1. The zero-order valence-electron chi connectivity index (χ0n) is 14.0. The van der Waals surface area contributed by atoms with Crippen molar-refractivity contribution in [3.05, 3.63) is 54.0 Å². The molecule has 1 spiro atoms. The zero-order chi connectivity index (χ0) is 16.6. The highest BCUT2D eigenvalue weighted by molar-refractivity contribution is 5.89. The number of pyridine rings is 2. The normalized spacial score (nSPS) is 19.5. The quantitative estimate of drug-likeness (QED) is 0.814. The Hall–Kier alpha value is -2.43. The molecule has 0 atom stereocenters. The van der Waals surface area contributed by atoms with Gasteiger partial charge in [0, 0.05) is 44.3 Å². The van der Waals surface area contributed by atoms with Gasteiger partial charge >= 0.3 is 0 Å². The predicted octanol–water partition coefficient (Wildman–Crippen LogP) is 2.41. The number of aryl methyl sites for hydroxylation is 1. The maximum atomic E-state index is 12.7. The number of rotatable bonds is 3. The molecule has 124 valence electrons. The molecule has 4 rings (SSSR count). The van der Waals surface area contributed by atoms with Gasteiger partial charge < -0.3 is 9.80 Å². The Morgan fingerprint density at radius 2 is 2.00 bits per heavy atom. The lowest BCUT2D eigenvalue weighted by molar-refractivity contribution is -0.163. The predicted molar refractivity (Wildman–Crippen MR) is 92.5 cm³/mol. The van der Waals surface area contributed by atoms with Crippen LogP contribution in [-0.2, 0) is 11.3 Å². The van der Waals surface area contributed by atoms with Crippen LogP contribution in [0.4, 0.5) is 5.82 Å². The molecule has 0 unspecified atom stereocenters. The first-order chi connectivity index (χ1) is 11.7. The smallest absolute Gasteiger partial charge is 0.231 e. The monoisotopic (exact) mass is 322 g/mol. The van der Waals surface area contributed by atoms with Crippen LogP contribution in [0.5, 0.6) is 0 Å². The minimum absolute atomic E-state index is 0.136. The Kier molecular flexibility index (Phi) is 3.71. The first-order valence-corrected chi connectivity index (χ1v) is 8.53. The Balaban J connectivity index is 1.37. The van der Waals surface area contributed by atoms with Crippen LogP contribution in [0.2, 0.25) is 0 Å². The maximum Gasteiger partial charge on any atom is 0.231 e. The van der Waals surface area contributed by atoms with E-state index in [0.717, 1.165) is 49.6 Å². The molecular weight excluding hydrogens is 300 g/mol. The minimum atomic E-state index is -0.136. The molecule has 2 aliphatic rings. The molecule has 2 aromatic rings. The van der Waals surface area contributed by atoms with Crippen molar-refractivity contribution in [2.75, 3.05) is 24.5 Å². The second-order valence-corrected chi connectivity index (χ2v) is 6.93. The van der Waals surface area contributed by atoms with Crippen molar-refractivity contribution < 1.29 is 4.79 Å². The highest BCUT2D eigenvalue weighted by Crippen LogP contribution is 2.42. The van der Waals surface area contributed by atoms with Crippen molar-refractivity contribution >= 4 is 11.7 Å². The van der Waals surface area contributed by atoms with E-state index in [-0.39, 0.29) is 5.41 Å². The molecule has 2 aromatic heterocycles. The molecule has 1 amide bonds. The first kappa shape index (κ1) is 15.1. The Morgan fingerprint density at radius 1 is 1.17 bits per heavy atom. The van der Waals surface area contributed by atoms with Gasteiger partial charge in [0.25, 0.3) is 0 Å². The Labute approximate surface area is 142 Å². The summed E-state index contributed by atoms with van der Waals surface area (Å²) in [5.74, 6) is 1.34. The summed E-state index contributed by atoms with van der Waals surface area (Å²) in [5, 5.41) is 0. The van der Waals surface area contributed by atoms with Crippen LogP contribution in [0.3, 0.4) is 0 Å². The number of hydrogen-bond donors (Lipinski definition) is 0. The number of anilines is 1. The van der Waals surface area contributed by atoms with Gasteiger partial charge in [-0.25, -0.2) is 4.98 Å². The summed E-state index contributed by atoms with van der Waals surface area (Å²) < 4.78 is 0. The van der Waals surface area contributed by atoms with E-state index in [2.05, 4.69) is 20.9 Å². The molecule has 24 heavy (non-hydrogen) atoms. The van der Waals surface area contributed by atoms with Crippen molar-refractivity contribution in [2.24, 2.45) is 5.41 Å². The average Bonchev–Trinajstić information content (AvgIpc) is 2.62. The third-order valence-electron chi connectivity index (χ3n) is 5.25. The number of β-lactam (4-membered cyclic amide) rings is 1. The van der Waals surface area contributed by atoms with Crippen LogP contribution in [0.25, 0.3) is 0 Å². The van der Waals surface area contributed by atoms with E-state index in [1.54, 1.807) is 6.20 Å². The Morgan fingerprint density at radius 3 is 2.67 bits per heavy atom. The van der Waals surface area contributed by atoms with Crippen molar-refractivity contribution in [3.63, 3.8) is 0 Å². The standard InChI is InChI=1S/C19H22N4O/c1-15-4-2-6-17(21-15)22-10-7-19(8-11-22)14-23(18(19)24)13-16-5-3-9-20-12-16/h2-6,9,12H,7-8,10-11,13-14H2,1H3. The molecule has 2 aliphatic heterocycles. The lowest BCUT2D eigenvalue weighted by Crippen LogP contribution is -2.64. The number of piperidine rings is 1. The van der Waals surface area contributed by atoms with Gasteiger partial charge in [-0.1, -0.05) is 12.1 Å². The SMILES string of the molecule is Cc1cccc(N2CCC3(CC2)CN(Cc2cccnc2)C3=O)n1. The van der Waals surface area contributed by atoms with E-state index in [9.17, 15) is 4.79 Å². The third kappa shape index (κ3) is 2.64. The zero-order valence-corrected chi connectivity index (χ0v) is 14.0. The van der Waals surface area contributed by atoms with Crippen molar-refractivity contribution in [2.45, 2.75) is 26.3 Å². The lowest BCUT2D eigenvalue weighted by Gasteiger charge is -2.52. The van der Waals surface area contributed by atoms with Crippen LogP contribution in [-0.4, -0.2) is 40.4 Å². The summed E-state index contributed by atoms with van der Waals surface area (Å²) in [5.41, 5.74) is 2.00. The molecule has 2 saturated heterocycles. The van der Waals surface area contributed by atoms with Gasteiger partial charge in [0.2, 0.25) is 5.91 Å². The lowest BCUT2D eigenvalue weighted by atomic mass is 9.71.